The topological polar surface area (TPSA) is 115 Å². The van der Waals surface area contributed by atoms with Gasteiger partial charge in [0, 0.05) is 34.8 Å². The van der Waals surface area contributed by atoms with Gasteiger partial charge in [-0.3, -0.25) is 4.98 Å². The van der Waals surface area contributed by atoms with Gasteiger partial charge in [0.2, 0.25) is 0 Å². The Morgan fingerprint density at radius 3 is 2.50 bits per heavy atom. The van der Waals surface area contributed by atoms with Crippen LogP contribution >= 0.6 is 0 Å². The van der Waals surface area contributed by atoms with Gasteiger partial charge in [-0.2, -0.15) is 0 Å². The van der Waals surface area contributed by atoms with E-state index in [-0.39, 0.29) is 6.61 Å². The molecular weight excluding hydrogens is 480 g/mol. The average Bonchev–Trinajstić information content (AvgIpc) is 2.98. The lowest BCUT2D eigenvalue weighted by molar-refractivity contribution is 0.277. The molecule has 0 amide bonds. The van der Waals surface area contributed by atoms with Gasteiger partial charge in [0.15, 0.2) is 11.6 Å². The zero-order valence-corrected chi connectivity index (χ0v) is 20.4. The minimum atomic E-state index is -0.138. The molecule has 0 fully saturated rings. The Balaban J connectivity index is 1.26. The molecule has 0 aliphatic rings. The summed E-state index contributed by atoms with van der Waals surface area (Å²) in [5, 5.41) is 23.5. The number of aromatic nitrogens is 5. The van der Waals surface area contributed by atoms with Crippen molar-refractivity contribution in [1.29, 1.82) is 0 Å². The Labute approximate surface area is 217 Å². The van der Waals surface area contributed by atoms with Gasteiger partial charge >= 0.3 is 0 Å². The molecule has 4 aromatic heterocycles. The maximum atomic E-state index is 9.47. The second kappa shape index (κ2) is 10.1. The molecule has 2 aromatic carbocycles. The van der Waals surface area contributed by atoms with Crippen LogP contribution in [0.15, 0.2) is 91.3 Å². The Morgan fingerprint density at radius 1 is 0.842 bits per heavy atom. The lowest BCUT2D eigenvalue weighted by Crippen LogP contribution is -2.01. The molecule has 0 atom stereocenters. The van der Waals surface area contributed by atoms with Crippen molar-refractivity contribution in [3.63, 3.8) is 0 Å². The van der Waals surface area contributed by atoms with E-state index in [4.69, 9.17) is 9.47 Å². The molecule has 9 heteroatoms. The van der Waals surface area contributed by atoms with Gasteiger partial charge in [0.05, 0.1) is 36.8 Å². The number of methoxy groups -OCH3 is 1. The third-order valence-electron chi connectivity index (χ3n) is 5.99. The van der Waals surface area contributed by atoms with Crippen LogP contribution in [0.5, 0.6) is 17.2 Å². The number of aliphatic hydroxyl groups excluding tert-OH is 1. The Morgan fingerprint density at radius 2 is 1.68 bits per heavy atom. The number of aliphatic hydroxyl groups is 1. The number of benzene rings is 2. The van der Waals surface area contributed by atoms with E-state index in [0.29, 0.717) is 51.2 Å². The van der Waals surface area contributed by atoms with E-state index in [1.54, 1.807) is 31.6 Å². The largest absolute Gasteiger partial charge is 0.495 e. The molecule has 0 aliphatic carbocycles. The number of rotatable bonds is 7. The smallest absolute Gasteiger partial charge is 0.161 e. The summed E-state index contributed by atoms with van der Waals surface area (Å²) in [5.74, 6) is 2.51. The first-order chi connectivity index (χ1) is 18.7. The van der Waals surface area contributed by atoms with E-state index in [9.17, 15) is 5.11 Å². The molecule has 6 rings (SSSR count). The van der Waals surface area contributed by atoms with Gasteiger partial charge in [-0.1, -0.05) is 30.3 Å². The van der Waals surface area contributed by atoms with Crippen LogP contribution in [0.4, 0.5) is 11.5 Å². The molecule has 4 heterocycles. The van der Waals surface area contributed by atoms with Crippen molar-refractivity contribution in [2.75, 3.05) is 12.4 Å². The number of fused-ring (bicyclic) bond motifs is 2. The van der Waals surface area contributed by atoms with Crippen molar-refractivity contribution in [2.45, 2.75) is 6.61 Å². The van der Waals surface area contributed by atoms with Crippen LogP contribution in [-0.2, 0) is 6.61 Å². The summed E-state index contributed by atoms with van der Waals surface area (Å²) in [6, 6.07) is 24.5. The third-order valence-corrected chi connectivity index (χ3v) is 5.99. The number of ether oxygens (including phenoxy) is 2. The van der Waals surface area contributed by atoms with Gasteiger partial charge in [0.1, 0.15) is 22.7 Å². The summed E-state index contributed by atoms with van der Waals surface area (Å²) in [6.45, 7) is -0.138. The van der Waals surface area contributed by atoms with Crippen LogP contribution in [0.1, 0.15) is 5.69 Å². The highest BCUT2D eigenvalue weighted by molar-refractivity contribution is 6.00. The first-order valence-electron chi connectivity index (χ1n) is 11.9. The van der Waals surface area contributed by atoms with Crippen molar-refractivity contribution in [1.82, 2.24) is 25.1 Å². The van der Waals surface area contributed by atoms with Gasteiger partial charge in [-0.05, 0) is 36.4 Å². The van der Waals surface area contributed by atoms with Gasteiger partial charge in [-0.15, -0.1) is 10.2 Å². The second-order valence-corrected chi connectivity index (χ2v) is 8.42. The Kier molecular flexibility index (Phi) is 6.17. The Bertz CT molecular complexity index is 1760. The highest BCUT2D eigenvalue weighted by Crippen LogP contribution is 2.32. The quantitative estimate of drug-likeness (QED) is 0.285. The molecule has 38 heavy (non-hydrogen) atoms. The molecule has 0 bridgehead atoms. The molecule has 0 spiro atoms. The summed E-state index contributed by atoms with van der Waals surface area (Å²) >= 11 is 0. The van der Waals surface area contributed by atoms with E-state index in [1.807, 2.05) is 66.7 Å². The minimum absolute atomic E-state index is 0.138. The predicted octanol–water partition coefficient (Wildman–Crippen LogP) is 5.67. The summed E-state index contributed by atoms with van der Waals surface area (Å²) < 4.78 is 11.3. The number of anilines is 2. The predicted molar refractivity (Wildman–Crippen MR) is 145 cm³/mol. The fraction of sp³-hybridized carbons (Fsp3) is 0.0690. The van der Waals surface area contributed by atoms with Crippen LogP contribution in [0, 0.1) is 0 Å². The molecule has 0 saturated carbocycles. The van der Waals surface area contributed by atoms with Gasteiger partial charge < -0.3 is 19.9 Å². The number of pyridine rings is 3. The minimum Gasteiger partial charge on any atom is -0.495 e. The second-order valence-electron chi connectivity index (χ2n) is 8.42. The highest BCUT2D eigenvalue weighted by atomic mass is 16.5. The summed E-state index contributed by atoms with van der Waals surface area (Å²) in [7, 11) is 1.59. The fourth-order valence-electron chi connectivity index (χ4n) is 4.14. The van der Waals surface area contributed by atoms with Crippen LogP contribution in [0.2, 0.25) is 0 Å². The summed E-state index contributed by atoms with van der Waals surface area (Å²) in [6.07, 6.45) is 3.32. The van der Waals surface area contributed by atoms with Crippen LogP contribution < -0.4 is 14.8 Å². The molecule has 186 valence electrons. The van der Waals surface area contributed by atoms with E-state index in [0.717, 1.165) is 16.5 Å². The Hall–Kier alpha value is -5.15. The van der Waals surface area contributed by atoms with E-state index < -0.39 is 0 Å². The maximum absolute atomic E-state index is 9.47. The fourth-order valence-corrected chi connectivity index (χ4v) is 4.14. The van der Waals surface area contributed by atoms with Crippen molar-refractivity contribution in [3.05, 3.63) is 97.0 Å². The van der Waals surface area contributed by atoms with Crippen LogP contribution in [-0.4, -0.2) is 37.4 Å². The number of hydrogen-bond donors (Lipinski definition) is 2. The molecular formula is C29H22N6O3. The molecule has 0 unspecified atom stereocenters. The molecule has 6 aromatic rings. The number of hydrogen-bond acceptors (Lipinski definition) is 9. The molecule has 0 aliphatic heterocycles. The number of nitrogens with zero attached hydrogens (tertiary/aromatic N) is 5. The monoisotopic (exact) mass is 502 g/mol. The normalized spacial score (nSPS) is 11.0. The zero-order valence-electron chi connectivity index (χ0n) is 20.4. The van der Waals surface area contributed by atoms with Crippen molar-refractivity contribution in [3.8, 4) is 28.6 Å². The van der Waals surface area contributed by atoms with Crippen molar-refractivity contribution in [2.24, 2.45) is 0 Å². The third kappa shape index (κ3) is 4.54. The van der Waals surface area contributed by atoms with Crippen LogP contribution in [0.3, 0.4) is 0 Å². The average molecular weight is 503 g/mol. The van der Waals surface area contributed by atoms with Gasteiger partial charge in [-0.25, -0.2) is 9.97 Å². The van der Waals surface area contributed by atoms with Crippen molar-refractivity contribution < 1.29 is 14.6 Å². The summed E-state index contributed by atoms with van der Waals surface area (Å²) in [4.78, 5) is 13.3. The maximum Gasteiger partial charge on any atom is 0.161 e. The zero-order chi connectivity index (χ0) is 25.9. The van der Waals surface area contributed by atoms with E-state index >= 15 is 0 Å². The molecule has 0 saturated heterocycles. The first-order valence-corrected chi connectivity index (χ1v) is 11.9. The standard InChI is InChI=1S/C29H22N6O3/c1-37-21-15-25-28(31-16-21)26(13-14-30-25)38-20-11-9-18(10-12-20)33-29-23-7-3-2-6-22(23)27(34-35-29)24-8-4-5-19(17-36)32-24/h2-16,36H,17H2,1H3,(H,33,35). The van der Waals surface area contributed by atoms with E-state index in [1.165, 1.54) is 0 Å². The lowest BCUT2D eigenvalue weighted by atomic mass is 10.1. The van der Waals surface area contributed by atoms with Crippen LogP contribution in [0.25, 0.3) is 33.2 Å². The van der Waals surface area contributed by atoms with E-state index in [2.05, 4.69) is 30.5 Å². The van der Waals surface area contributed by atoms with Gasteiger partial charge in [0.25, 0.3) is 0 Å². The molecule has 2 N–H and O–H groups in total. The lowest BCUT2D eigenvalue weighted by Gasteiger charge is -2.12. The SMILES string of the molecule is COc1cnc2c(Oc3ccc(Nc4nnc(-c5cccc(CO)n5)c5ccccc45)cc3)ccnc2c1. The highest BCUT2D eigenvalue weighted by Gasteiger charge is 2.13. The van der Waals surface area contributed by atoms with Crippen molar-refractivity contribution >= 4 is 33.3 Å². The molecule has 9 nitrogen and oxygen atoms in total. The molecule has 0 radical (unpaired) electrons. The summed E-state index contributed by atoms with van der Waals surface area (Å²) in [5.41, 5.74) is 4.05. The number of nitrogens with one attached hydrogen (secondary N) is 1. The first kappa shape index (κ1) is 23.3.